The molecule has 2 fully saturated rings. The van der Waals surface area contributed by atoms with Crippen molar-refractivity contribution in [1.82, 2.24) is 14.9 Å². The van der Waals surface area contributed by atoms with Crippen molar-refractivity contribution in [1.29, 1.82) is 0 Å². The van der Waals surface area contributed by atoms with Crippen molar-refractivity contribution in [2.24, 2.45) is 0 Å². The van der Waals surface area contributed by atoms with Crippen LogP contribution in [0.3, 0.4) is 0 Å². The number of hydrogen-bond acceptors (Lipinski definition) is 6. The highest BCUT2D eigenvalue weighted by Gasteiger charge is 2.21. The van der Waals surface area contributed by atoms with Gasteiger partial charge in [0.15, 0.2) is 0 Å². The summed E-state index contributed by atoms with van der Waals surface area (Å²) < 4.78 is 13.4. The highest BCUT2D eigenvalue weighted by atomic mass is 19.1. The molecule has 3 heterocycles. The van der Waals surface area contributed by atoms with Crippen LogP contribution in [0.15, 0.2) is 36.7 Å². The van der Waals surface area contributed by atoms with Gasteiger partial charge in [0.2, 0.25) is 0 Å². The maximum absolute atomic E-state index is 13.4. The highest BCUT2D eigenvalue weighted by molar-refractivity contribution is 5.50. The van der Waals surface area contributed by atoms with Gasteiger partial charge >= 0.3 is 0 Å². The average molecular weight is 371 g/mol. The molecule has 0 unspecified atom stereocenters. The number of halogens is 1. The largest absolute Gasteiger partial charge is 0.393 e. The van der Waals surface area contributed by atoms with Crippen LogP contribution in [0.1, 0.15) is 18.4 Å². The fourth-order valence-corrected chi connectivity index (χ4v) is 3.81. The van der Waals surface area contributed by atoms with Gasteiger partial charge in [-0.05, 0) is 30.5 Å². The molecule has 2 saturated heterocycles. The van der Waals surface area contributed by atoms with Crippen molar-refractivity contribution in [3.63, 3.8) is 0 Å². The topological polar surface area (TPSA) is 55.7 Å². The molecule has 0 saturated carbocycles. The number of rotatable bonds is 4. The predicted molar refractivity (Wildman–Crippen MR) is 103 cm³/mol. The quantitative estimate of drug-likeness (QED) is 0.886. The van der Waals surface area contributed by atoms with E-state index in [-0.39, 0.29) is 11.9 Å². The molecule has 7 heteroatoms. The summed E-state index contributed by atoms with van der Waals surface area (Å²) >= 11 is 0. The van der Waals surface area contributed by atoms with Gasteiger partial charge in [-0.3, -0.25) is 4.90 Å². The van der Waals surface area contributed by atoms with Crippen molar-refractivity contribution in [3.8, 4) is 0 Å². The normalized spacial score (nSPS) is 19.5. The Bertz CT molecular complexity index is 758. The molecule has 4 rings (SSSR count). The lowest BCUT2D eigenvalue weighted by molar-refractivity contribution is 0.145. The lowest BCUT2D eigenvalue weighted by Gasteiger charge is -2.36. The number of aliphatic hydroxyl groups excluding tert-OH is 1. The molecule has 2 aromatic rings. The number of benzene rings is 1. The van der Waals surface area contributed by atoms with E-state index in [9.17, 15) is 9.50 Å². The third-order valence-electron chi connectivity index (χ3n) is 5.42. The second-order valence-corrected chi connectivity index (χ2v) is 7.35. The molecule has 0 amide bonds. The van der Waals surface area contributed by atoms with Gasteiger partial charge in [0.05, 0.1) is 6.10 Å². The van der Waals surface area contributed by atoms with Gasteiger partial charge in [-0.1, -0.05) is 12.1 Å². The van der Waals surface area contributed by atoms with Gasteiger partial charge in [-0.25, -0.2) is 14.4 Å². The van der Waals surface area contributed by atoms with Gasteiger partial charge in [-0.2, -0.15) is 0 Å². The molecule has 6 nitrogen and oxygen atoms in total. The molecule has 1 N–H and O–H groups in total. The smallest absolute Gasteiger partial charge is 0.134 e. The van der Waals surface area contributed by atoms with Crippen molar-refractivity contribution in [3.05, 3.63) is 48.0 Å². The second-order valence-electron chi connectivity index (χ2n) is 7.35. The fraction of sp³-hybridized carbons (Fsp3) is 0.500. The van der Waals surface area contributed by atoms with E-state index in [0.717, 1.165) is 75.9 Å². The molecule has 0 atom stereocenters. The first-order chi connectivity index (χ1) is 13.2. The monoisotopic (exact) mass is 371 g/mol. The number of hydrogen-bond donors (Lipinski definition) is 1. The minimum Gasteiger partial charge on any atom is -0.393 e. The number of nitrogens with zero attached hydrogens (tertiary/aromatic N) is 5. The van der Waals surface area contributed by atoms with Crippen LogP contribution >= 0.6 is 0 Å². The van der Waals surface area contributed by atoms with Crippen molar-refractivity contribution >= 4 is 11.6 Å². The summed E-state index contributed by atoms with van der Waals surface area (Å²) in [6.07, 6.45) is 3.03. The number of aromatic nitrogens is 2. The van der Waals surface area contributed by atoms with E-state index in [2.05, 4.69) is 30.7 Å². The SMILES string of the molecule is OC1CCN(c2cc(N3CCN(Cc4cccc(F)c4)CC3)ncn2)CC1. The van der Waals surface area contributed by atoms with Crippen LogP contribution in [0.4, 0.5) is 16.0 Å². The third kappa shape index (κ3) is 4.54. The maximum atomic E-state index is 13.4. The second kappa shape index (κ2) is 8.19. The van der Waals surface area contributed by atoms with E-state index in [0.29, 0.717) is 0 Å². The first-order valence-electron chi connectivity index (χ1n) is 9.64. The summed E-state index contributed by atoms with van der Waals surface area (Å²) in [4.78, 5) is 15.7. The lowest BCUT2D eigenvalue weighted by Crippen LogP contribution is -2.46. The number of piperidine rings is 1. The highest BCUT2D eigenvalue weighted by Crippen LogP contribution is 2.22. The number of aliphatic hydroxyl groups is 1. The number of anilines is 2. The van der Waals surface area contributed by atoms with E-state index in [4.69, 9.17) is 0 Å². The minimum absolute atomic E-state index is 0.176. The van der Waals surface area contributed by atoms with Crippen molar-refractivity contribution in [2.45, 2.75) is 25.5 Å². The Morgan fingerprint density at radius 1 is 0.926 bits per heavy atom. The molecule has 1 aromatic heterocycles. The molecule has 2 aliphatic rings. The lowest BCUT2D eigenvalue weighted by atomic mass is 10.1. The first-order valence-corrected chi connectivity index (χ1v) is 9.64. The molecule has 27 heavy (non-hydrogen) atoms. The van der Waals surface area contributed by atoms with Gasteiger partial charge in [0, 0.05) is 51.9 Å². The first kappa shape index (κ1) is 18.1. The molecule has 1 aromatic carbocycles. The summed E-state index contributed by atoms with van der Waals surface area (Å²) in [5.41, 5.74) is 1.01. The molecule has 0 bridgehead atoms. The van der Waals surface area contributed by atoms with Gasteiger partial charge in [0.1, 0.15) is 23.8 Å². The van der Waals surface area contributed by atoms with Crippen molar-refractivity contribution in [2.75, 3.05) is 49.1 Å². The zero-order valence-corrected chi connectivity index (χ0v) is 15.5. The van der Waals surface area contributed by atoms with E-state index in [1.165, 1.54) is 6.07 Å². The van der Waals surface area contributed by atoms with Crippen LogP contribution in [0.2, 0.25) is 0 Å². The molecule has 144 valence electrons. The summed E-state index contributed by atoms with van der Waals surface area (Å²) in [6, 6.07) is 8.89. The molecule has 0 spiro atoms. The Balaban J connectivity index is 1.35. The molecule has 0 radical (unpaired) electrons. The minimum atomic E-state index is -0.186. The summed E-state index contributed by atoms with van der Waals surface area (Å²) in [6.45, 7) is 6.07. The van der Waals surface area contributed by atoms with Crippen LogP contribution in [0, 0.1) is 5.82 Å². The van der Waals surface area contributed by atoms with E-state index in [1.54, 1.807) is 18.5 Å². The summed E-state index contributed by atoms with van der Waals surface area (Å²) in [7, 11) is 0. The number of piperazine rings is 1. The van der Waals surface area contributed by atoms with Crippen LogP contribution in [0.25, 0.3) is 0 Å². The Hall–Kier alpha value is -2.25. The van der Waals surface area contributed by atoms with Crippen LogP contribution in [-0.4, -0.2) is 65.3 Å². The van der Waals surface area contributed by atoms with Gasteiger partial charge in [-0.15, -0.1) is 0 Å². The van der Waals surface area contributed by atoms with Gasteiger partial charge < -0.3 is 14.9 Å². The zero-order chi connectivity index (χ0) is 18.6. The van der Waals surface area contributed by atoms with Crippen molar-refractivity contribution < 1.29 is 9.50 Å². The Labute approximate surface area is 159 Å². The van der Waals surface area contributed by atoms with Gasteiger partial charge in [0.25, 0.3) is 0 Å². The van der Waals surface area contributed by atoms with E-state index < -0.39 is 0 Å². The van der Waals surface area contributed by atoms with Crippen LogP contribution < -0.4 is 9.80 Å². The molecular weight excluding hydrogens is 345 g/mol. The Kier molecular flexibility index (Phi) is 5.50. The molecule has 0 aliphatic carbocycles. The summed E-state index contributed by atoms with van der Waals surface area (Å²) in [5, 5.41) is 9.68. The average Bonchev–Trinajstić information content (AvgIpc) is 2.69. The van der Waals surface area contributed by atoms with E-state index >= 15 is 0 Å². The summed E-state index contributed by atoms with van der Waals surface area (Å²) in [5.74, 6) is 1.72. The van der Waals surface area contributed by atoms with E-state index in [1.807, 2.05) is 6.07 Å². The van der Waals surface area contributed by atoms with Crippen LogP contribution in [0.5, 0.6) is 0 Å². The molecule has 2 aliphatic heterocycles. The van der Waals surface area contributed by atoms with Crippen LogP contribution in [-0.2, 0) is 6.54 Å². The Morgan fingerprint density at radius 3 is 2.26 bits per heavy atom. The zero-order valence-electron chi connectivity index (χ0n) is 15.5. The standard InChI is InChI=1S/C20H26FN5O/c21-17-3-1-2-16(12-17)14-24-8-10-26(11-9-24)20-13-19(22-15-23-20)25-6-4-18(27)5-7-25/h1-3,12-13,15,18,27H,4-11,14H2. The predicted octanol–water partition coefficient (Wildman–Crippen LogP) is 1.90. The molecular formula is C20H26FN5O. The fourth-order valence-electron chi connectivity index (χ4n) is 3.81. The maximum Gasteiger partial charge on any atom is 0.134 e. The third-order valence-corrected chi connectivity index (χ3v) is 5.42. The Morgan fingerprint density at radius 2 is 1.59 bits per heavy atom.